The molecule has 0 fully saturated rings. The van der Waals surface area contributed by atoms with Gasteiger partial charge in [-0.3, -0.25) is 0 Å². The summed E-state index contributed by atoms with van der Waals surface area (Å²) in [7, 11) is 3.33. The van der Waals surface area contributed by atoms with E-state index in [4.69, 9.17) is 14.5 Å². The lowest BCUT2D eigenvalue weighted by molar-refractivity contribution is 0.351. The van der Waals surface area contributed by atoms with E-state index in [2.05, 4.69) is 44.1 Å². The third-order valence-corrected chi connectivity index (χ3v) is 5.13. The summed E-state index contributed by atoms with van der Waals surface area (Å²) >= 11 is 1.72. The van der Waals surface area contributed by atoms with Crippen molar-refractivity contribution < 1.29 is 9.47 Å². The molecule has 4 nitrogen and oxygen atoms in total. The molecule has 1 heterocycles. The van der Waals surface area contributed by atoms with Crippen molar-refractivity contribution in [3.8, 4) is 11.5 Å². The molecule has 1 aromatic carbocycles. The van der Waals surface area contributed by atoms with E-state index in [-0.39, 0.29) is 5.41 Å². The number of allylic oxidation sites excluding steroid dienone is 1. The van der Waals surface area contributed by atoms with Crippen LogP contribution in [0.5, 0.6) is 11.5 Å². The van der Waals surface area contributed by atoms with Crippen molar-refractivity contribution in [2.24, 2.45) is 0 Å². The van der Waals surface area contributed by atoms with Gasteiger partial charge in [0, 0.05) is 29.4 Å². The van der Waals surface area contributed by atoms with Gasteiger partial charge in [0.05, 0.1) is 24.9 Å². The van der Waals surface area contributed by atoms with Crippen molar-refractivity contribution in [1.82, 2.24) is 10.3 Å². The van der Waals surface area contributed by atoms with Crippen LogP contribution in [0.25, 0.3) is 0 Å². The number of aromatic nitrogens is 1. The van der Waals surface area contributed by atoms with E-state index in [1.54, 1.807) is 25.6 Å². The summed E-state index contributed by atoms with van der Waals surface area (Å²) in [6.07, 6.45) is 2.62. The number of benzene rings is 1. The summed E-state index contributed by atoms with van der Waals surface area (Å²) < 4.78 is 11.0. The Bertz CT molecular complexity index is 717. The molecule has 0 atom stereocenters. The fourth-order valence-electron chi connectivity index (χ4n) is 2.58. The van der Waals surface area contributed by atoms with Crippen LogP contribution in [0, 0.1) is 0 Å². The zero-order chi connectivity index (χ0) is 18.4. The monoisotopic (exact) mass is 360 g/mol. The Kier molecular flexibility index (Phi) is 6.62. The number of nitrogens with one attached hydrogen (secondary N) is 1. The average molecular weight is 361 g/mol. The topological polar surface area (TPSA) is 43.4 Å². The van der Waals surface area contributed by atoms with E-state index < -0.39 is 0 Å². The van der Waals surface area contributed by atoms with Crippen LogP contribution in [0.2, 0.25) is 0 Å². The highest BCUT2D eigenvalue weighted by Crippen LogP contribution is 2.33. The maximum Gasteiger partial charge on any atom is 0.164 e. The lowest BCUT2D eigenvalue weighted by Gasteiger charge is -2.15. The summed E-state index contributed by atoms with van der Waals surface area (Å²) in [4.78, 5) is 4.72. The summed E-state index contributed by atoms with van der Waals surface area (Å²) in [5.41, 5.74) is 3.42. The number of nitrogens with zero attached hydrogens (tertiary/aromatic N) is 1. The Balaban J connectivity index is 2.06. The zero-order valence-electron chi connectivity index (χ0n) is 15.8. The van der Waals surface area contributed by atoms with Gasteiger partial charge in [0.15, 0.2) is 11.5 Å². The Morgan fingerprint density at radius 2 is 1.96 bits per heavy atom. The fourth-order valence-corrected chi connectivity index (χ4v) is 3.49. The molecule has 0 amide bonds. The molecule has 2 rings (SSSR count). The molecule has 2 aromatic rings. The fraction of sp³-hybridized carbons (Fsp3) is 0.450. The van der Waals surface area contributed by atoms with E-state index in [9.17, 15) is 0 Å². The average Bonchev–Trinajstić information content (AvgIpc) is 3.04. The van der Waals surface area contributed by atoms with Gasteiger partial charge in [-0.1, -0.05) is 32.9 Å². The van der Waals surface area contributed by atoms with Crippen LogP contribution < -0.4 is 14.8 Å². The van der Waals surface area contributed by atoms with Gasteiger partial charge in [-0.05, 0) is 18.1 Å². The predicted molar refractivity (Wildman–Crippen MR) is 105 cm³/mol. The van der Waals surface area contributed by atoms with Crippen molar-refractivity contribution in [3.05, 3.63) is 52.0 Å². The van der Waals surface area contributed by atoms with Gasteiger partial charge in [0.1, 0.15) is 0 Å². The molecule has 0 aliphatic rings. The molecule has 0 bridgehead atoms. The number of rotatable bonds is 8. The van der Waals surface area contributed by atoms with Crippen molar-refractivity contribution in [3.63, 3.8) is 0 Å². The van der Waals surface area contributed by atoms with Crippen LogP contribution in [0.4, 0.5) is 0 Å². The Morgan fingerprint density at radius 1 is 1.20 bits per heavy atom. The summed E-state index contributed by atoms with van der Waals surface area (Å²) in [6, 6.07) is 4.15. The molecular formula is C20H28N2O2S. The third-order valence-electron chi connectivity index (χ3n) is 3.81. The second-order valence-electron chi connectivity index (χ2n) is 6.98. The third kappa shape index (κ3) is 5.06. The number of hydrogen-bond donors (Lipinski definition) is 1. The molecule has 0 spiro atoms. The second kappa shape index (κ2) is 8.50. The van der Waals surface area contributed by atoms with Gasteiger partial charge in [0.25, 0.3) is 0 Å². The van der Waals surface area contributed by atoms with Crippen molar-refractivity contribution in [1.29, 1.82) is 0 Å². The van der Waals surface area contributed by atoms with E-state index in [0.29, 0.717) is 0 Å². The van der Waals surface area contributed by atoms with Crippen LogP contribution in [-0.2, 0) is 24.9 Å². The predicted octanol–water partition coefficient (Wildman–Crippen LogP) is 4.48. The summed E-state index contributed by atoms with van der Waals surface area (Å²) in [5.74, 6) is 1.53. The first kappa shape index (κ1) is 19.5. The number of thiazole rings is 1. The highest BCUT2D eigenvalue weighted by atomic mass is 32.1. The smallest absolute Gasteiger partial charge is 0.164 e. The van der Waals surface area contributed by atoms with E-state index >= 15 is 0 Å². The van der Waals surface area contributed by atoms with Gasteiger partial charge >= 0.3 is 0 Å². The van der Waals surface area contributed by atoms with E-state index in [1.807, 2.05) is 12.1 Å². The number of ether oxygens (including phenoxy) is 2. The second-order valence-corrected chi connectivity index (χ2v) is 7.84. The molecule has 0 saturated heterocycles. The lowest BCUT2D eigenvalue weighted by atomic mass is 9.98. The molecule has 0 radical (unpaired) electrons. The van der Waals surface area contributed by atoms with Gasteiger partial charge in [-0.2, -0.15) is 0 Å². The Hall–Kier alpha value is -1.85. The molecule has 5 heteroatoms. The maximum absolute atomic E-state index is 5.48. The first-order valence-corrected chi connectivity index (χ1v) is 9.27. The summed E-state index contributed by atoms with van der Waals surface area (Å²) in [6.45, 7) is 11.9. The largest absolute Gasteiger partial charge is 0.493 e. The number of hydrogen-bond acceptors (Lipinski definition) is 5. The van der Waals surface area contributed by atoms with Crippen LogP contribution >= 0.6 is 11.3 Å². The minimum absolute atomic E-state index is 0.103. The quantitative estimate of drug-likeness (QED) is 0.705. The molecule has 1 N–H and O–H groups in total. The highest BCUT2D eigenvalue weighted by molar-refractivity contribution is 7.09. The van der Waals surface area contributed by atoms with Gasteiger partial charge in [-0.15, -0.1) is 17.9 Å². The van der Waals surface area contributed by atoms with Gasteiger partial charge in [0.2, 0.25) is 0 Å². The minimum atomic E-state index is 0.103. The zero-order valence-corrected chi connectivity index (χ0v) is 16.6. The van der Waals surface area contributed by atoms with E-state index in [0.717, 1.165) is 47.8 Å². The van der Waals surface area contributed by atoms with Crippen molar-refractivity contribution >= 4 is 11.3 Å². The lowest BCUT2D eigenvalue weighted by Crippen LogP contribution is -2.15. The number of methoxy groups -OCH3 is 2. The van der Waals surface area contributed by atoms with Crippen molar-refractivity contribution in [2.45, 2.75) is 45.7 Å². The molecule has 0 aliphatic heterocycles. The molecule has 0 saturated carbocycles. The normalized spacial score (nSPS) is 11.4. The molecule has 136 valence electrons. The van der Waals surface area contributed by atoms with E-state index in [1.165, 1.54) is 5.01 Å². The summed E-state index contributed by atoms with van der Waals surface area (Å²) in [5, 5.41) is 6.76. The SMILES string of the molecule is C=CCc1cc(CNCc2csc(C(C)(C)C)n2)cc(OC)c1OC. The van der Waals surface area contributed by atoms with Crippen LogP contribution in [-0.4, -0.2) is 19.2 Å². The van der Waals surface area contributed by atoms with Crippen molar-refractivity contribution in [2.75, 3.05) is 14.2 Å². The van der Waals surface area contributed by atoms with Crippen LogP contribution in [0.1, 0.15) is 42.6 Å². The molecule has 0 unspecified atom stereocenters. The first-order valence-electron chi connectivity index (χ1n) is 8.39. The minimum Gasteiger partial charge on any atom is -0.493 e. The van der Waals surface area contributed by atoms with Crippen LogP contribution in [0.15, 0.2) is 30.2 Å². The molecule has 1 aromatic heterocycles. The maximum atomic E-state index is 5.48. The molecule has 25 heavy (non-hydrogen) atoms. The van der Waals surface area contributed by atoms with Crippen LogP contribution in [0.3, 0.4) is 0 Å². The van der Waals surface area contributed by atoms with Gasteiger partial charge in [-0.25, -0.2) is 4.98 Å². The Labute approximate surface area is 154 Å². The van der Waals surface area contributed by atoms with Gasteiger partial charge < -0.3 is 14.8 Å². The Morgan fingerprint density at radius 3 is 2.52 bits per heavy atom. The molecule has 0 aliphatic carbocycles. The highest BCUT2D eigenvalue weighted by Gasteiger charge is 2.18. The first-order chi connectivity index (χ1) is 11.9. The molecular weight excluding hydrogens is 332 g/mol. The standard InChI is InChI=1S/C20H28N2O2S/c1-7-8-15-9-14(10-17(23-5)18(15)24-6)11-21-12-16-13-25-19(22-16)20(2,3)4/h7,9-10,13,21H,1,8,11-12H2,2-6H3.